The zero-order valence-corrected chi connectivity index (χ0v) is 40.3. The second-order valence-corrected chi connectivity index (χ2v) is 17.0. The highest BCUT2D eigenvalue weighted by Crippen LogP contribution is 2.34. The number of imide groups is 1. The number of hydrogen-bond acceptors (Lipinski definition) is 19. The van der Waals surface area contributed by atoms with Crippen LogP contribution < -0.4 is 37.4 Å². The van der Waals surface area contributed by atoms with Crippen molar-refractivity contribution in [1.29, 1.82) is 0 Å². The molecule has 0 unspecified atom stereocenters. The molecule has 24 nitrogen and oxygen atoms in total. The van der Waals surface area contributed by atoms with Gasteiger partial charge in [0.2, 0.25) is 17.7 Å². The van der Waals surface area contributed by atoms with Crippen LogP contribution in [-0.2, 0) is 63.6 Å². The number of aliphatic carboxylic acids is 1. The summed E-state index contributed by atoms with van der Waals surface area (Å²) < 4.78 is 33.3. The van der Waals surface area contributed by atoms with Crippen LogP contribution in [0, 0.1) is 0 Å². The van der Waals surface area contributed by atoms with E-state index in [1.165, 1.54) is 12.2 Å². The summed E-state index contributed by atoms with van der Waals surface area (Å²) in [5.74, 6) is -6.33. The van der Waals surface area contributed by atoms with E-state index in [0.29, 0.717) is 75.8 Å². The molecule has 0 aliphatic carbocycles. The third-order valence-electron chi connectivity index (χ3n) is 11.1. The van der Waals surface area contributed by atoms with Gasteiger partial charge in [-0.1, -0.05) is 36.6 Å². The number of carboxylic acid groups (broad SMARTS) is 1. The molecule has 394 valence electrons. The topological polar surface area (TPSA) is 336 Å². The Bertz CT molecular complexity index is 2140. The van der Waals surface area contributed by atoms with Crippen LogP contribution in [-0.4, -0.2) is 189 Å². The smallest absolute Gasteiger partial charge is 0.364 e. The molecule has 0 radical (unpaired) electrons. The molecule has 2 aromatic carbocycles. The van der Waals surface area contributed by atoms with Gasteiger partial charge < -0.3 is 75.4 Å². The normalized spacial score (nSPS) is 19.7. The predicted octanol–water partition coefficient (Wildman–Crippen LogP) is -1.65. The van der Waals surface area contributed by atoms with Gasteiger partial charge in [0.25, 0.3) is 28.5 Å². The van der Waals surface area contributed by atoms with Crippen molar-refractivity contribution >= 4 is 58.5 Å². The first-order valence-electron chi connectivity index (χ1n) is 23.3. The largest absolute Gasteiger partial charge is 0.477 e. The first-order chi connectivity index (χ1) is 34.0. The van der Waals surface area contributed by atoms with Crippen LogP contribution in [0.1, 0.15) is 51.0 Å². The van der Waals surface area contributed by atoms with Crippen molar-refractivity contribution in [3.63, 3.8) is 0 Å². The standard InChI is InChI=1S/C46H65ClN6O18/c1-29(54)52-38-32(55)27-46(45(64)65,71-44(38)41(61)33(56)28-51-35(58)26-30-6-8-31(47)9-7-30)70-17-5-3-2-4-13-49-39-40(43(63)42(39)62)50-15-19-67-21-23-69-25-24-68-22-20-66-18-14-48-34(57)12-16-53-36(59)10-11-37(53)60/h6-11,32-33,38,41,44,49-50,55-56,61H,2-5,12-28H2,1H3,(H,48,57)(H,51,58)(H,52,54)(H,64,65)/t32-,33+,38+,41+,44+,46+/m0/s1. The first-order valence-corrected chi connectivity index (χ1v) is 23.7. The van der Waals surface area contributed by atoms with Crippen molar-refractivity contribution in [2.45, 2.75) is 88.1 Å². The molecule has 0 aromatic heterocycles. The summed E-state index contributed by atoms with van der Waals surface area (Å²) >= 11 is 5.89. The highest BCUT2D eigenvalue weighted by Gasteiger charge is 2.55. The van der Waals surface area contributed by atoms with Crippen molar-refractivity contribution < 1.29 is 77.6 Å². The molecule has 0 bridgehead atoms. The van der Waals surface area contributed by atoms with Crippen LogP contribution in [0.2, 0.25) is 5.02 Å². The summed E-state index contributed by atoms with van der Waals surface area (Å²) in [7, 11) is 0. The molecule has 25 heteroatoms. The second kappa shape index (κ2) is 30.5. The quantitative estimate of drug-likeness (QED) is 0.0210. The molecule has 1 fully saturated rings. The van der Waals surface area contributed by atoms with E-state index in [9.17, 15) is 58.8 Å². The minimum Gasteiger partial charge on any atom is -0.477 e. The minimum atomic E-state index is -2.45. The van der Waals surface area contributed by atoms with Crippen molar-refractivity contribution in [3.8, 4) is 0 Å². The number of nitrogens with one attached hydrogen (secondary N) is 5. The number of unbranched alkanes of at least 4 members (excludes halogenated alkanes) is 3. The average molecular weight is 1030 g/mol. The zero-order valence-electron chi connectivity index (χ0n) is 39.5. The van der Waals surface area contributed by atoms with Gasteiger partial charge in [0.05, 0.1) is 84.1 Å². The fourth-order valence-corrected chi connectivity index (χ4v) is 7.47. The maximum Gasteiger partial charge on any atom is 0.364 e. The fraction of sp³-hybridized carbons (Fsp3) is 0.609. The van der Waals surface area contributed by atoms with Crippen LogP contribution in [0.25, 0.3) is 0 Å². The number of anilines is 2. The Morgan fingerprint density at radius 1 is 0.761 bits per heavy atom. The van der Waals surface area contributed by atoms with Crippen LogP contribution in [0.5, 0.6) is 0 Å². The number of rotatable bonds is 36. The number of ether oxygens (including phenoxy) is 6. The summed E-state index contributed by atoms with van der Waals surface area (Å²) in [5, 5.41) is 57.1. The Labute approximate surface area is 414 Å². The summed E-state index contributed by atoms with van der Waals surface area (Å²) in [6.07, 6.45) is -3.08. The van der Waals surface area contributed by atoms with Gasteiger partial charge in [0.15, 0.2) is 0 Å². The Hall–Kier alpha value is -5.41. The number of carboxylic acids is 1. The van der Waals surface area contributed by atoms with E-state index in [2.05, 4.69) is 26.6 Å². The number of benzene rings is 1. The van der Waals surface area contributed by atoms with E-state index in [-0.39, 0.29) is 76.2 Å². The van der Waals surface area contributed by atoms with Gasteiger partial charge >= 0.3 is 5.97 Å². The highest BCUT2D eigenvalue weighted by atomic mass is 35.5. The Kier molecular flexibility index (Phi) is 25.0. The molecule has 0 saturated carbocycles. The van der Waals surface area contributed by atoms with Gasteiger partial charge in [-0.15, -0.1) is 0 Å². The Morgan fingerprint density at radius 2 is 1.32 bits per heavy atom. The maximum atomic E-state index is 12.6. The van der Waals surface area contributed by atoms with Crippen molar-refractivity contribution in [2.24, 2.45) is 0 Å². The molecule has 2 aromatic rings. The molecule has 6 atom stereocenters. The molecular formula is C46H65ClN6O18. The first kappa shape index (κ1) is 58.2. The molecular weight excluding hydrogens is 960 g/mol. The van der Waals surface area contributed by atoms with Crippen molar-refractivity contribution in [3.05, 3.63) is 67.5 Å². The van der Waals surface area contributed by atoms with E-state index in [1.54, 1.807) is 24.3 Å². The minimum absolute atomic E-state index is 0.00527. The van der Waals surface area contributed by atoms with Crippen molar-refractivity contribution in [1.82, 2.24) is 20.9 Å². The van der Waals surface area contributed by atoms with Gasteiger partial charge in [-0.2, -0.15) is 0 Å². The monoisotopic (exact) mass is 1020 g/mol. The number of halogens is 1. The number of aliphatic hydroxyl groups is 3. The Balaban J connectivity index is 1.03. The van der Waals surface area contributed by atoms with Gasteiger partial charge in [0.1, 0.15) is 23.6 Å². The Morgan fingerprint density at radius 3 is 1.92 bits per heavy atom. The number of aliphatic hydroxyl groups excluding tert-OH is 3. The average Bonchev–Trinajstić information content (AvgIpc) is 3.66. The summed E-state index contributed by atoms with van der Waals surface area (Å²) in [6.45, 7) is 3.85. The predicted molar refractivity (Wildman–Crippen MR) is 253 cm³/mol. The van der Waals surface area contributed by atoms with Crippen LogP contribution in [0.15, 0.2) is 46.0 Å². The summed E-state index contributed by atoms with van der Waals surface area (Å²) in [5.41, 5.74) is -0.295. The maximum absolute atomic E-state index is 12.6. The van der Waals surface area contributed by atoms with Crippen LogP contribution >= 0.6 is 11.6 Å². The molecule has 5 amide bonds. The summed E-state index contributed by atoms with van der Waals surface area (Å²) in [6, 6.07) is 5.19. The van der Waals surface area contributed by atoms with Gasteiger partial charge in [-0.25, -0.2) is 4.79 Å². The van der Waals surface area contributed by atoms with E-state index in [4.69, 9.17) is 40.0 Å². The van der Waals surface area contributed by atoms with Gasteiger partial charge in [-0.3, -0.25) is 38.5 Å². The van der Waals surface area contributed by atoms with Crippen LogP contribution in [0.4, 0.5) is 11.4 Å². The van der Waals surface area contributed by atoms with E-state index in [0.717, 1.165) is 11.8 Å². The molecule has 4 rings (SSSR count). The van der Waals surface area contributed by atoms with Gasteiger partial charge in [0, 0.05) is 69.7 Å². The molecule has 0 spiro atoms. The van der Waals surface area contributed by atoms with Gasteiger partial charge in [-0.05, 0) is 30.5 Å². The molecule has 71 heavy (non-hydrogen) atoms. The lowest BCUT2D eigenvalue weighted by molar-refractivity contribution is -0.310. The van der Waals surface area contributed by atoms with Crippen molar-refractivity contribution in [2.75, 3.05) is 103 Å². The zero-order chi connectivity index (χ0) is 51.8. The van der Waals surface area contributed by atoms with E-state index < -0.39 is 89.7 Å². The number of amides is 5. The molecule has 2 aliphatic rings. The molecule has 9 N–H and O–H groups in total. The van der Waals surface area contributed by atoms with Crippen LogP contribution in [0.3, 0.4) is 0 Å². The number of nitrogens with zero attached hydrogens (tertiary/aromatic N) is 1. The number of carbonyl (C=O) groups excluding carboxylic acids is 5. The lowest BCUT2D eigenvalue weighted by atomic mass is 9.88. The third kappa shape index (κ3) is 19.3. The van der Waals surface area contributed by atoms with E-state index >= 15 is 0 Å². The lowest BCUT2D eigenvalue weighted by Crippen LogP contribution is -2.68. The number of carbonyl (C=O) groups is 6. The van der Waals surface area contributed by atoms with E-state index in [1.807, 2.05) is 0 Å². The molecule has 1 saturated heterocycles. The number of hydrogen-bond donors (Lipinski definition) is 9. The lowest BCUT2D eigenvalue weighted by Gasteiger charge is -2.46. The summed E-state index contributed by atoms with van der Waals surface area (Å²) in [4.78, 5) is 97.4. The molecule has 2 heterocycles. The highest BCUT2D eigenvalue weighted by molar-refractivity contribution is 6.30. The molecule has 2 aliphatic heterocycles. The fourth-order valence-electron chi connectivity index (χ4n) is 7.34. The second-order valence-electron chi connectivity index (χ2n) is 16.5. The SMILES string of the molecule is CC(=O)N[C@H]1[C@H]([C@H](O)[C@H](O)CNC(=O)Cc2ccc(Cl)cc2)O[C@@](OCCCCCCNc2c(NCCOCCOCCOCCOCCNC(=O)CCN3C(=O)C=CC3=O)c(=O)c2=O)(C(=O)O)C[C@@H]1O. The third-order valence-corrected chi connectivity index (χ3v) is 11.4.